The third-order valence-electron chi connectivity index (χ3n) is 3.57. The smallest absolute Gasteiger partial charge is 0.240 e. The summed E-state index contributed by atoms with van der Waals surface area (Å²) >= 11 is 2.04. The van der Waals surface area contributed by atoms with E-state index in [4.69, 9.17) is 9.47 Å². The fourth-order valence-corrected chi connectivity index (χ4v) is 4.03. The minimum Gasteiger partial charge on any atom is -0.496 e. The molecule has 5 nitrogen and oxygen atoms in total. The van der Waals surface area contributed by atoms with Gasteiger partial charge < -0.3 is 9.47 Å². The molecule has 0 heterocycles. The van der Waals surface area contributed by atoms with E-state index >= 15 is 0 Å². The quantitative estimate of drug-likeness (QED) is 0.508. The summed E-state index contributed by atoms with van der Waals surface area (Å²) in [5, 5.41) is 0. The predicted molar refractivity (Wildman–Crippen MR) is 102 cm³/mol. The highest BCUT2D eigenvalue weighted by atomic mass is 127. The minimum atomic E-state index is -3.57. The summed E-state index contributed by atoms with van der Waals surface area (Å²) in [7, 11) is -2.02. The molecule has 1 N–H and O–H groups in total. The van der Waals surface area contributed by atoms with Gasteiger partial charge in [-0.2, -0.15) is 0 Å². The number of sulfonamides is 1. The molecule has 2 aromatic carbocycles. The van der Waals surface area contributed by atoms with E-state index < -0.39 is 10.0 Å². The average molecular weight is 461 g/mol. The lowest BCUT2D eigenvalue weighted by Crippen LogP contribution is -2.28. The summed E-state index contributed by atoms with van der Waals surface area (Å²) < 4.78 is 38.6. The van der Waals surface area contributed by atoms with Crippen LogP contribution in [0.3, 0.4) is 0 Å². The molecule has 0 aliphatic carbocycles. The van der Waals surface area contributed by atoms with Crippen LogP contribution in [0.5, 0.6) is 11.5 Å². The van der Waals surface area contributed by atoms with Crippen molar-refractivity contribution < 1.29 is 17.9 Å². The Morgan fingerprint density at radius 1 is 1.08 bits per heavy atom. The van der Waals surface area contributed by atoms with Crippen molar-refractivity contribution in [3.05, 3.63) is 51.1 Å². The Morgan fingerprint density at radius 3 is 2.46 bits per heavy atom. The van der Waals surface area contributed by atoms with Gasteiger partial charge in [0.2, 0.25) is 10.0 Å². The second-order valence-electron chi connectivity index (χ2n) is 5.29. The first-order valence-electron chi connectivity index (χ1n) is 7.37. The Balaban J connectivity index is 1.93. The number of hydrogen-bond donors (Lipinski definition) is 1. The second-order valence-corrected chi connectivity index (χ2v) is 8.22. The van der Waals surface area contributed by atoms with Gasteiger partial charge in [-0.1, -0.05) is 6.07 Å². The van der Waals surface area contributed by atoms with Crippen LogP contribution in [0.15, 0.2) is 41.3 Å². The molecule has 0 aliphatic rings. The maximum absolute atomic E-state index is 12.3. The predicted octanol–water partition coefficient (Wildman–Crippen LogP) is 3.27. The highest BCUT2D eigenvalue weighted by Crippen LogP contribution is 2.23. The molecule has 0 bridgehead atoms. The topological polar surface area (TPSA) is 64.6 Å². The fourth-order valence-electron chi connectivity index (χ4n) is 2.05. The van der Waals surface area contributed by atoms with Crippen LogP contribution in [0.4, 0.5) is 0 Å². The molecule has 2 aromatic rings. The van der Waals surface area contributed by atoms with Crippen molar-refractivity contribution >= 4 is 32.6 Å². The van der Waals surface area contributed by atoms with Gasteiger partial charge in [0.15, 0.2) is 0 Å². The van der Waals surface area contributed by atoms with Gasteiger partial charge >= 0.3 is 0 Å². The summed E-state index contributed by atoms with van der Waals surface area (Å²) in [6.45, 7) is 4.49. The van der Waals surface area contributed by atoms with Gasteiger partial charge in [0, 0.05) is 6.54 Å². The van der Waals surface area contributed by atoms with Crippen LogP contribution in [-0.2, 0) is 10.0 Å². The summed E-state index contributed by atoms with van der Waals surface area (Å²) in [4.78, 5) is 0.207. The lowest BCUT2D eigenvalue weighted by atomic mass is 10.1. The molecule has 130 valence electrons. The van der Waals surface area contributed by atoms with E-state index in [9.17, 15) is 8.42 Å². The van der Waals surface area contributed by atoms with Crippen molar-refractivity contribution in [3.8, 4) is 11.5 Å². The highest BCUT2D eigenvalue weighted by molar-refractivity contribution is 14.1. The van der Waals surface area contributed by atoms with Gasteiger partial charge in [-0.05, 0) is 77.9 Å². The summed E-state index contributed by atoms with van der Waals surface area (Å²) in [5.74, 6) is 1.38. The molecule has 0 atom stereocenters. The number of ether oxygens (including phenoxy) is 2. The molecule has 2 rings (SSSR count). The first kappa shape index (κ1) is 19.0. The molecule has 7 heteroatoms. The normalized spacial score (nSPS) is 11.3. The Labute approximate surface area is 156 Å². The molecule has 0 aromatic heterocycles. The molecule has 0 fully saturated rings. The minimum absolute atomic E-state index is 0.192. The van der Waals surface area contributed by atoms with E-state index in [0.29, 0.717) is 5.75 Å². The molecule has 0 spiro atoms. The maximum Gasteiger partial charge on any atom is 0.240 e. The van der Waals surface area contributed by atoms with Crippen LogP contribution in [0, 0.1) is 17.4 Å². The fraction of sp³-hybridized carbons (Fsp3) is 0.294. The maximum atomic E-state index is 12.3. The Morgan fingerprint density at radius 2 is 1.83 bits per heavy atom. The first-order chi connectivity index (χ1) is 11.3. The van der Waals surface area contributed by atoms with Crippen LogP contribution in [0.1, 0.15) is 11.1 Å². The summed E-state index contributed by atoms with van der Waals surface area (Å²) in [5.41, 5.74) is 2.33. The van der Waals surface area contributed by atoms with Crippen molar-refractivity contribution in [2.45, 2.75) is 18.7 Å². The molecular formula is C17H20INO4S. The van der Waals surface area contributed by atoms with Crippen molar-refractivity contribution in [3.63, 3.8) is 0 Å². The monoisotopic (exact) mass is 461 g/mol. The highest BCUT2D eigenvalue weighted by Gasteiger charge is 2.15. The standard InChI is InChI=1S/C17H20INO4S/c1-12-4-5-14(10-13(12)2)23-9-8-19-24(20,21)15-6-7-17(22-3)16(18)11-15/h4-7,10-11,19H,8-9H2,1-3H3. The molecule has 0 saturated heterocycles. The molecule has 24 heavy (non-hydrogen) atoms. The average Bonchev–Trinajstić information content (AvgIpc) is 2.54. The zero-order valence-electron chi connectivity index (χ0n) is 13.8. The van der Waals surface area contributed by atoms with E-state index in [-0.39, 0.29) is 18.0 Å². The lowest BCUT2D eigenvalue weighted by molar-refractivity contribution is 0.322. The summed E-state index contributed by atoms with van der Waals surface area (Å²) in [6.07, 6.45) is 0. The molecular weight excluding hydrogens is 441 g/mol. The van der Waals surface area contributed by atoms with Gasteiger partial charge in [0.1, 0.15) is 18.1 Å². The Kier molecular flexibility index (Phi) is 6.47. The molecule has 0 saturated carbocycles. The SMILES string of the molecule is COc1ccc(S(=O)(=O)NCCOc2ccc(C)c(C)c2)cc1I. The Hall–Kier alpha value is -1.32. The second kappa shape index (κ2) is 8.17. The Bertz CT molecular complexity index is 821. The molecule has 0 aliphatic heterocycles. The van der Waals surface area contributed by atoms with E-state index in [1.165, 1.54) is 11.6 Å². The van der Waals surface area contributed by atoms with Crippen molar-refractivity contribution in [2.75, 3.05) is 20.3 Å². The number of halogens is 1. The zero-order valence-corrected chi connectivity index (χ0v) is 16.8. The zero-order chi connectivity index (χ0) is 17.7. The van der Waals surface area contributed by atoms with Crippen LogP contribution in [-0.4, -0.2) is 28.7 Å². The number of aryl methyl sites for hydroxylation is 2. The van der Waals surface area contributed by atoms with E-state index in [2.05, 4.69) is 4.72 Å². The molecule has 0 radical (unpaired) electrons. The van der Waals surface area contributed by atoms with E-state index in [1.807, 2.05) is 54.6 Å². The van der Waals surface area contributed by atoms with Crippen LogP contribution in [0.25, 0.3) is 0 Å². The van der Waals surface area contributed by atoms with E-state index in [0.717, 1.165) is 14.9 Å². The number of rotatable bonds is 7. The van der Waals surface area contributed by atoms with Crippen molar-refractivity contribution in [1.29, 1.82) is 0 Å². The van der Waals surface area contributed by atoms with E-state index in [1.54, 1.807) is 19.2 Å². The number of nitrogens with one attached hydrogen (secondary N) is 1. The first-order valence-corrected chi connectivity index (χ1v) is 9.93. The number of benzene rings is 2. The third-order valence-corrected chi connectivity index (χ3v) is 5.88. The number of hydrogen-bond acceptors (Lipinski definition) is 4. The van der Waals surface area contributed by atoms with Gasteiger partial charge in [-0.15, -0.1) is 0 Å². The van der Waals surface area contributed by atoms with Gasteiger partial charge in [0.05, 0.1) is 15.6 Å². The molecule has 0 unspecified atom stereocenters. The van der Waals surface area contributed by atoms with Crippen LogP contribution < -0.4 is 14.2 Å². The largest absolute Gasteiger partial charge is 0.496 e. The number of methoxy groups -OCH3 is 1. The van der Waals surface area contributed by atoms with Crippen LogP contribution >= 0.6 is 22.6 Å². The molecule has 0 amide bonds. The van der Waals surface area contributed by atoms with Crippen molar-refractivity contribution in [1.82, 2.24) is 4.72 Å². The van der Waals surface area contributed by atoms with Crippen LogP contribution in [0.2, 0.25) is 0 Å². The summed E-state index contributed by atoms with van der Waals surface area (Å²) in [6, 6.07) is 10.5. The third kappa shape index (κ3) is 4.84. The van der Waals surface area contributed by atoms with Gasteiger partial charge in [0.25, 0.3) is 0 Å². The van der Waals surface area contributed by atoms with Gasteiger partial charge in [-0.3, -0.25) is 0 Å². The van der Waals surface area contributed by atoms with Crippen molar-refractivity contribution in [2.24, 2.45) is 0 Å². The lowest BCUT2D eigenvalue weighted by Gasteiger charge is -2.11. The van der Waals surface area contributed by atoms with Gasteiger partial charge in [-0.25, -0.2) is 13.1 Å².